The Morgan fingerprint density at radius 1 is 1.32 bits per heavy atom. The van der Waals surface area contributed by atoms with Gasteiger partial charge in [-0.1, -0.05) is 0 Å². The summed E-state index contributed by atoms with van der Waals surface area (Å²) in [6.45, 7) is 0. The summed E-state index contributed by atoms with van der Waals surface area (Å²) in [5.74, 6) is -0.664. The molecule has 2 rings (SSSR count). The number of hydrogen-bond donors (Lipinski definition) is 1. The molecule has 0 bridgehead atoms. The molecule has 0 radical (unpaired) electrons. The molecule has 106 valence electrons. The summed E-state index contributed by atoms with van der Waals surface area (Å²) in [7, 11) is 1.52. The molecule has 0 saturated heterocycles. The maximum absolute atomic E-state index is 12.6. The minimum absolute atomic E-state index is 0.0667. The lowest BCUT2D eigenvalue weighted by molar-refractivity contribution is -0.184. The highest BCUT2D eigenvalue weighted by Gasteiger charge is 2.45. The first-order chi connectivity index (χ1) is 8.85. The summed E-state index contributed by atoms with van der Waals surface area (Å²) < 4.78 is 43.0. The molecule has 2 N–H and O–H groups in total. The summed E-state index contributed by atoms with van der Waals surface area (Å²) in [5, 5.41) is 0. The Morgan fingerprint density at radius 2 is 1.95 bits per heavy atom. The van der Waals surface area contributed by atoms with Gasteiger partial charge in [0.2, 0.25) is 0 Å². The average Bonchev–Trinajstić information content (AvgIpc) is 2.38. The van der Waals surface area contributed by atoms with Gasteiger partial charge in [-0.05, 0) is 37.3 Å². The second kappa shape index (κ2) is 5.00. The fraction of sp³-hybridized carbons (Fsp3) is 0.615. The minimum Gasteiger partial charge on any atom is -0.495 e. The molecule has 1 heterocycles. The lowest BCUT2D eigenvalue weighted by Gasteiger charge is -2.38. The number of rotatable bonds is 2. The van der Waals surface area contributed by atoms with Gasteiger partial charge in [0, 0.05) is 11.7 Å². The first kappa shape index (κ1) is 14.1. The van der Waals surface area contributed by atoms with E-state index in [1.807, 2.05) is 0 Å². The number of nitrogens with zero attached hydrogens (tertiary/aromatic N) is 1. The lowest BCUT2D eigenvalue weighted by atomic mass is 9.73. The van der Waals surface area contributed by atoms with Crippen molar-refractivity contribution >= 4 is 0 Å². The third-order valence-electron chi connectivity index (χ3n) is 3.86. The summed E-state index contributed by atoms with van der Waals surface area (Å²) in [5.41, 5.74) is 6.26. The number of methoxy groups -OCH3 is 1. The number of aromatic nitrogens is 1. The van der Waals surface area contributed by atoms with Crippen molar-refractivity contribution in [1.29, 1.82) is 0 Å². The molecular formula is C13H17F3N2O. The Kier molecular flexibility index (Phi) is 3.71. The van der Waals surface area contributed by atoms with Crippen LogP contribution >= 0.6 is 0 Å². The molecule has 1 saturated carbocycles. The van der Waals surface area contributed by atoms with E-state index in [0.717, 1.165) is 5.56 Å². The van der Waals surface area contributed by atoms with Gasteiger partial charge >= 0.3 is 6.18 Å². The number of hydrogen-bond acceptors (Lipinski definition) is 3. The molecule has 1 aromatic rings. The first-order valence-corrected chi connectivity index (χ1v) is 6.20. The van der Waals surface area contributed by atoms with E-state index in [-0.39, 0.29) is 12.8 Å². The number of alkyl halides is 3. The van der Waals surface area contributed by atoms with Crippen LogP contribution in [0.2, 0.25) is 0 Å². The average molecular weight is 274 g/mol. The van der Waals surface area contributed by atoms with Crippen molar-refractivity contribution in [1.82, 2.24) is 4.98 Å². The van der Waals surface area contributed by atoms with Crippen LogP contribution in [0.25, 0.3) is 0 Å². The molecule has 1 fully saturated rings. The van der Waals surface area contributed by atoms with E-state index in [4.69, 9.17) is 10.5 Å². The Morgan fingerprint density at radius 3 is 2.47 bits per heavy atom. The van der Waals surface area contributed by atoms with Crippen LogP contribution in [0.5, 0.6) is 5.75 Å². The molecule has 19 heavy (non-hydrogen) atoms. The van der Waals surface area contributed by atoms with Crippen LogP contribution in [0.1, 0.15) is 31.2 Å². The van der Waals surface area contributed by atoms with Gasteiger partial charge < -0.3 is 10.5 Å². The highest BCUT2D eigenvalue weighted by molar-refractivity contribution is 5.29. The van der Waals surface area contributed by atoms with Gasteiger partial charge in [0.1, 0.15) is 5.75 Å². The van der Waals surface area contributed by atoms with Crippen molar-refractivity contribution in [2.24, 2.45) is 11.7 Å². The Hall–Kier alpha value is -1.30. The summed E-state index contributed by atoms with van der Waals surface area (Å²) in [4.78, 5) is 4.02. The lowest BCUT2D eigenvalue weighted by Crippen LogP contribution is -2.43. The van der Waals surface area contributed by atoms with E-state index < -0.39 is 17.6 Å². The fourth-order valence-corrected chi connectivity index (χ4v) is 2.55. The van der Waals surface area contributed by atoms with Gasteiger partial charge in [-0.3, -0.25) is 4.98 Å². The van der Waals surface area contributed by atoms with Crippen LogP contribution in [-0.4, -0.2) is 18.3 Å². The van der Waals surface area contributed by atoms with Crippen molar-refractivity contribution in [3.8, 4) is 5.75 Å². The van der Waals surface area contributed by atoms with Gasteiger partial charge in [-0.15, -0.1) is 0 Å². The molecule has 0 unspecified atom stereocenters. The molecule has 3 nitrogen and oxygen atoms in total. The third-order valence-corrected chi connectivity index (χ3v) is 3.86. The largest absolute Gasteiger partial charge is 0.495 e. The maximum Gasteiger partial charge on any atom is 0.391 e. The molecule has 0 atom stereocenters. The van der Waals surface area contributed by atoms with Gasteiger partial charge in [-0.25, -0.2) is 0 Å². The Balaban J connectivity index is 2.13. The van der Waals surface area contributed by atoms with E-state index >= 15 is 0 Å². The highest BCUT2D eigenvalue weighted by Crippen LogP contribution is 2.44. The first-order valence-electron chi connectivity index (χ1n) is 6.20. The number of pyridine rings is 1. The third kappa shape index (κ3) is 3.00. The molecule has 6 heteroatoms. The molecule has 0 aliphatic heterocycles. The molecule has 0 aromatic carbocycles. The number of ether oxygens (including phenoxy) is 1. The molecule has 1 aliphatic carbocycles. The van der Waals surface area contributed by atoms with Gasteiger partial charge in [0.15, 0.2) is 0 Å². The van der Waals surface area contributed by atoms with Crippen LogP contribution in [0.3, 0.4) is 0 Å². The zero-order valence-corrected chi connectivity index (χ0v) is 10.7. The van der Waals surface area contributed by atoms with Crippen LogP contribution in [0.4, 0.5) is 13.2 Å². The maximum atomic E-state index is 12.6. The standard InChI is InChI=1S/C13H17F3N2O/c1-19-11-6-10(7-18-8-11)12(17)4-2-9(3-5-12)13(14,15)16/h6-9H,2-5,17H2,1H3. The summed E-state index contributed by atoms with van der Waals surface area (Å²) >= 11 is 0. The summed E-state index contributed by atoms with van der Waals surface area (Å²) in [6, 6.07) is 1.75. The fourth-order valence-electron chi connectivity index (χ4n) is 2.55. The molecule has 0 spiro atoms. The van der Waals surface area contributed by atoms with Crippen molar-refractivity contribution in [2.75, 3.05) is 7.11 Å². The normalized spacial score (nSPS) is 28.2. The highest BCUT2D eigenvalue weighted by atomic mass is 19.4. The molecule has 1 aromatic heterocycles. The zero-order chi connectivity index (χ0) is 14.1. The van der Waals surface area contributed by atoms with Gasteiger partial charge in [-0.2, -0.15) is 13.2 Å². The van der Waals surface area contributed by atoms with E-state index in [2.05, 4.69) is 4.98 Å². The number of halogens is 3. The molecular weight excluding hydrogens is 257 g/mol. The minimum atomic E-state index is -4.12. The van der Waals surface area contributed by atoms with E-state index in [1.54, 1.807) is 18.5 Å². The van der Waals surface area contributed by atoms with Crippen LogP contribution in [0.15, 0.2) is 18.5 Å². The van der Waals surface area contributed by atoms with Gasteiger partial charge in [0.05, 0.1) is 19.2 Å². The smallest absolute Gasteiger partial charge is 0.391 e. The molecule has 1 aliphatic rings. The second-order valence-electron chi connectivity index (χ2n) is 5.09. The van der Waals surface area contributed by atoms with Crippen LogP contribution in [0, 0.1) is 5.92 Å². The Labute approximate surface area is 110 Å². The monoisotopic (exact) mass is 274 g/mol. The van der Waals surface area contributed by atoms with Crippen molar-refractivity contribution in [3.63, 3.8) is 0 Å². The predicted molar refractivity (Wildman–Crippen MR) is 64.7 cm³/mol. The predicted octanol–water partition coefficient (Wildman–Crippen LogP) is 3.00. The van der Waals surface area contributed by atoms with Crippen molar-refractivity contribution in [3.05, 3.63) is 24.0 Å². The van der Waals surface area contributed by atoms with Crippen molar-refractivity contribution < 1.29 is 17.9 Å². The molecule has 0 amide bonds. The van der Waals surface area contributed by atoms with Crippen LogP contribution < -0.4 is 10.5 Å². The van der Waals surface area contributed by atoms with E-state index in [9.17, 15) is 13.2 Å². The van der Waals surface area contributed by atoms with Crippen molar-refractivity contribution in [2.45, 2.75) is 37.4 Å². The zero-order valence-electron chi connectivity index (χ0n) is 10.7. The van der Waals surface area contributed by atoms with Gasteiger partial charge in [0.25, 0.3) is 0 Å². The quantitative estimate of drug-likeness (QED) is 0.901. The SMILES string of the molecule is COc1cncc(C2(N)CCC(C(F)(F)F)CC2)c1. The van der Waals surface area contributed by atoms with E-state index in [0.29, 0.717) is 18.6 Å². The summed E-state index contributed by atoms with van der Waals surface area (Å²) in [6.07, 6.45) is -0.203. The second-order valence-corrected chi connectivity index (χ2v) is 5.09. The number of nitrogens with two attached hydrogens (primary N) is 1. The Bertz CT molecular complexity index is 440. The van der Waals surface area contributed by atoms with E-state index in [1.165, 1.54) is 7.11 Å². The topological polar surface area (TPSA) is 48.1 Å². The van der Waals surface area contributed by atoms with Crippen LogP contribution in [-0.2, 0) is 5.54 Å².